The summed E-state index contributed by atoms with van der Waals surface area (Å²) in [5.74, 6) is 0.526. The number of phenols is 1. The Morgan fingerprint density at radius 3 is 2.67 bits per heavy atom. The van der Waals surface area contributed by atoms with Crippen LogP contribution in [0.25, 0.3) is 0 Å². The SMILES string of the molecule is CCOc1ccc(CO)cc1O. The van der Waals surface area contributed by atoms with Gasteiger partial charge in [-0.25, -0.2) is 0 Å². The predicted molar refractivity (Wildman–Crippen MR) is 45.2 cm³/mol. The fraction of sp³-hybridized carbons (Fsp3) is 0.333. The quantitative estimate of drug-likeness (QED) is 0.714. The molecule has 3 nitrogen and oxygen atoms in total. The monoisotopic (exact) mass is 168 g/mol. The molecule has 0 aliphatic heterocycles. The summed E-state index contributed by atoms with van der Waals surface area (Å²) in [6, 6.07) is 4.85. The van der Waals surface area contributed by atoms with Crippen molar-refractivity contribution in [1.29, 1.82) is 0 Å². The molecule has 1 rings (SSSR count). The highest BCUT2D eigenvalue weighted by Crippen LogP contribution is 2.26. The van der Waals surface area contributed by atoms with Gasteiger partial charge in [0.2, 0.25) is 0 Å². The zero-order valence-corrected chi connectivity index (χ0v) is 6.95. The van der Waals surface area contributed by atoms with Crippen LogP contribution in [-0.4, -0.2) is 16.8 Å². The van der Waals surface area contributed by atoms with Gasteiger partial charge in [0.1, 0.15) is 0 Å². The van der Waals surface area contributed by atoms with Crippen LogP contribution in [0.3, 0.4) is 0 Å². The topological polar surface area (TPSA) is 49.7 Å². The number of aliphatic hydroxyl groups is 1. The normalized spacial score (nSPS) is 9.83. The average Bonchev–Trinajstić information content (AvgIpc) is 2.09. The number of benzene rings is 1. The Morgan fingerprint density at radius 1 is 1.42 bits per heavy atom. The summed E-state index contributed by atoms with van der Waals surface area (Å²) in [7, 11) is 0. The van der Waals surface area contributed by atoms with Gasteiger partial charge in [-0.2, -0.15) is 0 Å². The Morgan fingerprint density at radius 2 is 2.17 bits per heavy atom. The zero-order chi connectivity index (χ0) is 8.97. The van der Waals surface area contributed by atoms with Gasteiger partial charge in [-0.15, -0.1) is 0 Å². The molecule has 0 heterocycles. The summed E-state index contributed by atoms with van der Waals surface area (Å²) in [5.41, 5.74) is 0.677. The molecule has 0 fully saturated rings. The van der Waals surface area contributed by atoms with Crippen molar-refractivity contribution >= 4 is 0 Å². The third kappa shape index (κ3) is 1.89. The largest absolute Gasteiger partial charge is 0.504 e. The van der Waals surface area contributed by atoms with E-state index in [1.54, 1.807) is 12.1 Å². The van der Waals surface area contributed by atoms with Crippen LogP contribution in [0, 0.1) is 0 Å². The van der Waals surface area contributed by atoms with E-state index < -0.39 is 0 Å². The highest BCUT2D eigenvalue weighted by molar-refractivity contribution is 5.41. The number of hydrogen-bond donors (Lipinski definition) is 2. The van der Waals surface area contributed by atoms with E-state index in [4.69, 9.17) is 9.84 Å². The lowest BCUT2D eigenvalue weighted by Crippen LogP contribution is -1.92. The van der Waals surface area contributed by atoms with E-state index >= 15 is 0 Å². The van der Waals surface area contributed by atoms with Crippen LogP contribution in [0.1, 0.15) is 12.5 Å². The second kappa shape index (κ2) is 3.97. The summed E-state index contributed by atoms with van der Waals surface area (Å²) in [4.78, 5) is 0. The maximum atomic E-state index is 9.32. The Hall–Kier alpha value is -1.22. The van der Waals surface area contributed by atoms with Crippen molar-refractivity contribution in [2.75, 3.05) is 6.61 Å². The molecule has 0 bridgehead atoms. The molecule has 0 atom stereocenters. The molecule has 0 saturated carbocycles. The van der Waals surface area contributed by atoms with E-state index in [2.05, 4.69) is 0 Å². The Bertz CT molecular complexity index is 258. The van der Waals surface area contributed by atoms with Crippen molar-refractivity contribution in [2.45, 2.75) is 13.5 Å². The lowest BCUT2D eigenvalue weighted by molar-refractivity contribution is 0.279. The maximum Gasteiger partial charge on any atom is 0.160 e. The van der Waals surface area contributed by atoms with Crippen molar-refractivity contribution < 1.29 is 14.9 Å². The maximum absolute atomic E-state index is 9.32. The summed E-state index contributed by atoms with van der Waals surface area (Å²) >= 11 is 0. The molecule has 1 aromatic carbocycles. The molecule has 0 aliphatic carbocycles. The molecule has 12 heavy (non-hydrogen) atoms. The van der Waals surface area contributed by atoms with E-state index in [-0.39, 0.29) is 12.4 Å². The van der Waals surface area contributed by atoms with E-state index in [1.165, 1.54) is 6.07 Å². The van der Waals surface area contributed by atoms with Crippen molar-refractivity contribution in [1.82, 2.24) is 0 Å². The number of phenolic OH excluding ortho intramolecular Hbond substituents is 1. The van der Waals surface area contributed by atoms with Crippen molar-refractivity contribution in [3.05, 3.63) is 23.8 Å². The van der Waals surface area contributed by atoms with Gasteiger partial charge in [0, 0.05) is 0 Å². The minimum atomic E-state index is -0.0695. The first-order valence-electron chi connectivity index (χ1n) is 3.83. The molecule has 0 unspecified atom stereocenters. The Kier molecular flexibility index (Phi) is 2.94. The number of rotatable bonds is 3. The molecule has 3 heteroatoms. The van der Waals surface area contributed by atoms with Gasteiger partial charge in [0.25, 0.3) is 0 Å². The zero-order valence-electron chi connectivity index (χ0n) is 6.95. The van der Waals surface area contributed by atoms with Gasteiger partial charge < -0.3 is 14.9 Å². The van der Waals surface area contributed by atoms with Crippen LogP contribution in [0.2, 0.25) is 0 Å². The molecule has 0 amide bonds. The number of ether oxygens (including phenoxy) is 1. The van der Waals surface area contributed by atoms with Crippen LogP contribution < -0.4 is 4.74 Å². The molecule has 0 radical (unpaired) electrons. The minimum Gasteiger partial charge on any atom is -0.504 e. The average molecular weight is 168 g/mol. The number of hydrogen-bond acceptors (Lipinski definition) is 3. The van der Waals surface area contributed by atoms with Crippen LogP contribution in [0.4, 0.5) is 0 Å². The molecule has 2 N–H and O–H groups in total. The van der Waals surface area contributed by atoms with Crippen LogP contribution in [0.15, 0.2) is 18.2 Å². The molecule has 0 aromatic heterocycles. The summed E-state index contributed by atoms with van der Waals surface area (Å²) < 4.78 is 5.10. The van der Waals surface area contributed by atoms with Gasteiger partial charge in [0.05, 0.1) is 13.2 Å². The Labute approximate surface area is 71.2 Å². The third-order valence-electron chi connectivity index (χ3n) is 1.51. The first kappa shape index (κ1) is 8.87. The highest BCUT2D eigenvalue weighted by Gasteiger charge is 2.01. The first-order chi connectivity index (χ1) is 5.77. The first-order valence-corrected chi connectivity index (χ1v) is 3.83. The van der Waals surface area contributed by atoms with Gasteiger partial charge in [0.15, 0.2) is 11.5 Å². The molecular weight excluding hydrogens is 156 g/mol. The molecule has 0 saturated heterocycles. The summed E-state index contributed by atoms with van der Waals surface area (Å²) in [6.45, 7) is 2.30. The van der Waals surface area contributed by atoms with Gasteiger partial charge >= 0.3 is 0 Å². The minimum absolute atomic E-state index is 0.0695. The van der Waals surface area contributed by atoms with Gasteiger partial charge in [-0.3, -0.25) is 0 Å². The van der Waals surface area contributed by atoms with Crippen molar-refractivity contribution in [2.24, 2.45) is 0 Å². The molecule has 1 aromatic rings. The summed E-state index contributed by atoms with van der Waals surface area (Å²) in [5, 5.41) is 18.0. The Balaban J connectivity index is 2.87. The third-order valence-corrected chi connectivity index (χ3v) is 1.51. The van der Waals surface area contributed by atoms with Crippen molar-refractivity contribution in [3.8, 4) is 11.5 Å². The highest BCUT2D eigenvalue weighted by atomic mass is 16.5. The second-order valence-electron chi connectivity index (χ2n) is 2.39. The van der Waals surface area contributed by atoms with Crippen LogP contribution in [0.5, 0.6) is 11.5 Å². The van der Waals surface area contributed by atoms with E-state index in [9.17, 15) is 5.11 Å². The molecule has 0 spiro atoms. The molecular formula is C9H12O3. The van der Waals surface area contributed by atoms with Crippen LogP contribution in [-0.2, 0) is 6.61 Å². The summed E-state index contributed by atoms with van der Waals surface area (Å²) in [6.07, 6.45) is 0. The number of aromatic hydroxyl groups is 1. The molecule has 66 valence electrons. The van der Waals surface area contributed by atoms with E-state index in [0.717, 1.165) is 0 Å². The lowest BCUT2D eigenvalue weighted by atomic mass is 10.2. The van der Waals surface area contributed by atoms with E-state index in [1.807, 2.05) is 6.92 Å². The van der Waals surface area contributed by atoms with Gasteiger partial charge in [-0.1, -0.05) is 6.07 Å². The lowest BCUT2D eigenvalue weighted by Gasteiger charge is -2.05. The van der Waals surface area contributed by atoms with Crippen molar-refractivity contribution in [3.63, 3.8) is 0 Å². The van der Waals surface area contributed by atoms with E-state index in [0.29, 0.717) is 17.9 Å². The predicted octanol–water partition coefficient (Wildman–Crippen LogP) is 1.28. The fourth-order valence-electron chi connectivity index (χ4n) is 0.939. The number of aliphatic hydroxyl groups excluding tert-OH is 1. The fourth-order valence-corrected chi connectivity index (χ4v) is 0.939. The van der Waals surface area contributed by atoms with Gasteiger partial charge in [-0.05, 0) is 24.6 Å². The molecule has 0 aliphatic rings. The standard InChI is InChI=1S/C9H12O3/c1-2-12-9-4-3-7(6-10)5-8(9)11/h3-5,10-11H,2,6H2,1H3. The smallest absolute Gasteiger partial charge is 0.160 e. The second-order valence-corrected chi connectivity index (χ2v) is 2.39. The van der Waals surface area contributed by atoms with Crippen LogP contribution >= 0.6 is 0 Å².